The number of imide groups is 1. The van der Waals surface area contributed by atoms with E-state index in [0.29, 0.717) is 0 Å². The average molecular weight is 372 g/mol. The number of aromatic amines is 1. The molecule has 2 amide bonds. The molecule has 3 N–H and O–H groups in total. The number of nitrogens with zero attached hydrogens (tertiary/aromatic N) is 2. The molecule has 10 nitrogen and oxygen atoms in total. The van der Waals surface area contributed by atoms with Crippen LogP contribution in [0.25, 0.3) is 0 Å². The molecule has 3 rings (SSSR count). The van der Waals surface area contributed by atoms with Gasteiger partial charge in [0.1, 0.15) is 5.69 Å². The van der Waals surface area contributed by atoms with E-state index in [9.17, 15) is 24.0 Å². The van der Waals surface area contributed by atoms with Gasteiger partial charge in [0.2, 0.25) is 0 Å². The third-order valence-electron chi connectivity index (χ3n) is 4.10. The summed E-state index contributed by atoms with van der Waals surface area (Å²) in [5, 5.41) is 0. The predicted octanol–water partition coefficient (Wildman–Crippen LogP) is -0.653. The number of nitrogen functional groups attached to an aromatic ring is 1. The van der Waals surface area contributed by atoms with E-state index in [1.54, 1.807) is 19.1 Å². The van der Waals surface area contributed by atoms with Crippen molar-refractivity contribution >= 4 is 23.5 Å². The fourth-order valence-electron chi connectivity index (χ4n) is 2.84. The number of carbonyl (C=O) groups is 3. The van der Waals surface area contributed by atoms with Gasteiger partial charge in [-0.05, 0) is 19.1 Å². The van der Waals surface area contributed by atoms with Gasteiger partial charge in [-0.25, -0.2) is 9.59 Å². The van der Waals surface area contributed by atoms with Crippen molar-refractivity contribution in [3.05, 3.63) is 62.4 Å². The van der Waals surface area contributed by atoms with Gasteiger partial charge < -0.3 is 10.5 Å². The van der Waals surface area contributed by atoms with Crippen LogP contribution in [0, 0.1) is 0 Å². The Morgan fingerprint density at radius 1 is 1.15 bits per heavy atom. The molecule has 10 heteroatoms. The highest BCUT2D eigenvalue weighted by Gasteiger charge is 2.43. The number of rotatable bonds is 5. The topological polar surface area (TPSA) is 145 Å². The molecule has 1 aliphatic heterocycles. The number of H-pyrrole nitrogens is 1. The molecule has 27 heavy (non-hydrogen) atoms. The van der Waals surface area contributed by atoms with Crippen molar-refractivity contribution in [3.8, 4) is 0 Å². The number of nitrogens with two attached hydrogens (primary N) is 1. The molecular weight excluding hydrogens is 356 g/mol. The van der Waals surface area contributed by atoms with E-state index >= 15 is 0 Å². The number of aromatic nitrogens is 2. The highest BCUT2D eigenvalue weighted by atomic mass is 16.5. The van der Waals surface area contributed by atoms with Crippen LogP contribution in [0.4, 0.5) is 5.69 Å². The third kappa shape index (κ3) is 3.12. The first-order chi connectivity index (χ1) is 12.8. The first-order valence-corrected chi connectivity index (χ1v) is 8.08. The van der Waals surface area contributed by atoms with Crippen LogP contribution in [0.5, 0.6) is 0 Å². The zero-order valence-electron chi connectivity index (χ0n) is 14.3. The lowest BCUT2D eigenvalue weighted by Gasteiger charge is -2.25. The van der Waals surface area contributed by atoms with Crippen LogP contribution >= 0.6 is 0 Å². The molecule has 0 saturated carbocycles. The molecule has 0 radical (unpaired) electrons. The summed E-state index contributed by atoms with van der Waals surface area (Å²) < 4.78 is 5.92. The highest BCUT2D eigenvalue weighted by molar-refractivity contribution is 6.22. The zero-order valence-corrected chi connectivity index (χ0v) is 14.3. The van der Waals surface area contributed by atoms with Crippen LogP contribution in [0.2, 0.25) is 0 Å². The van der Waals surface area contributed by atoms with Gasteiger partial charge in [0.15, 0.2) is 6.04 Å². The number of ether oxygens (including phenoxy) is 1. The van der Waals surface area contributed by atoms with Crippen LogP contribution in [0.3, 0.4) is 0 Å². The molecule has 0 bridgehead atoms. The minimum absolute atomic E-state index is 0.0150. The molecule has 1 aliphatic rings. The van der Waals surface area contributed by atoms with Gasteiger partial charge in [-0.3, -0.25) is 28.8 Å². The van der Waals surface area contributed by atoms with Crippen LogP contribution in [-0.4, -0.2) is 44.9 Å². The lowest BCUT2D eigenvalue weighted by molar-refractivity contribution is -0.148. The number of benzene rings is 1. The molecule has 0 spiro atoms. The molecule has 1 aromatic heterocycles. The van der Waals surface area contributed by atoms with Gasteiger partial charge in [-0.15, -0.1) is 0 Å². The van der Waals surface area contributed by atoms with Crippen molar-refractivity contribution < 1.29 is 19.1 Å². The molecule has 140 valence electrons. The fraction of sp³-hybridized carbons (Fsp3) is 0.235. The van der Waals surface area contributed by atoms with Gasteiger partial charge in [0.25, 0.3) is 17.4 Å². The quantitative estimate of drug-likeness (QED) is 0.524. The number of fused-ring (bicyclic) bond motifs is 1. The van der Waals surface area contributed by atoms with Crippen LogP contribution in [-0.2, 0) is 16.1 Å². The first kappa shape index (κ1) is 18.1. The maximum absolute atomic E-state index is 12.7. The molecule has 0 fully saturated rings. The molecule has 2 aromatic rings. The summed E-state index contributed by atoms with van der Waals surface area (Å²) in [6.07, 6.45) is 1.05. The number of amides is 2. The molecule has 2 heterocycles. The Labute approximate surface area is 152 Å². The summed E-state index contributed by atoms with van der Waals surface area (Å²) in [5.74, 6) is -2.19. The summed E-state index contributed by atoms with van der Waals surface area (Å²) in [4.78, 5) is 64.0. The van der Waals surface area contributed by atoms with Crippen LogP contribution in [0.1, 0.15) is 27.6 Å². The minimum atomic E-state index is -1.40. The number of carbonyl (C=O) groups excluding carboxylic acids is 3. The van der Waals surface area contributed by atoms with Crippen molar-refractivity contribution in [3.63, 3.8) is 0 Å². The number of esters is 1. The lowest BCUT2D eigenvalue weighted by Crippen LogP contribution is -2.49. The largest absolute Gasteiger partial charge is 0.464 e. The van der Waals surface area contributed by atoms with Crippen LogP contribution in [0.15, 0.2) is 40.1 Å². The first-order valence-electron chi connectivity index (χ1n) is 8.08. The molecular formula is C17H16N4O6. The van der Waals surface area contributed by atoms with E-state index in [4.69, 9.17) is 10.5 Å². The second kappa shape index (κ2) is 6.90. The lowest BCUT2D eigenvalue weighted by atomic mass is 10.1. The molecule has 0 saturated heterocycles. The van der Waals surface area contributed by atoms with E-state index < -0.39 is 41.6 Å². The Morgan fingerprint density at radius 2 is 1.74 bits per heavy atom. The second-order valence-electron chi connectivity index (χ2n) is 5.79. The van der Waals surface area contributed by atoms with E-state index in [2.05, 4.69) is 0 Å². The van der Waals surface area contributed by atoms with E-state index in [-0.39, 0.29) is 23.4 Å². The summed E-state index contributed by atoms with van der Waals surface area (Å²) in [7, 11) is 0. The van der Waals surface area contributed by atoms with Crippen molar-refractivity contribution in [1.82, 2.24) is 14.5 Å². The number of hydrogen-bond donors (Lipinski definition) is 2. The minimum Gasteiger partial charge on any atom is -0.464 e. The summed E-state index contributed by atoms with van der Waals surface area (Å²) in [6, 6.07) is 4.74. The summed E-state index contributed by atoms with van der Waals surface area (Å²) in [5.41, 5.74) is 3.97. The molecule has 1 atom stereocenters. The number of hydrogen-bond acceptors (Lipinski definition) is 7. The van der Waals surface area contributed by atoms with Crippen molar-refractivity contribution in [2.24, 2.45) is 0 Å². The summed E-state index contributed by atoms with van der Waals surface area (Å²) in [6.45, 7) is 1.17. The maximum Gasteiger partial charge on any atom is 0.331 e. The standard InChI is InChI=1S/C17H16N4O6/c1-2-27-16(25)12(8-20-7-11(18)13(22)19-17(20)26)21-14(23)9-5-3-4-6-10(9)15(21)24/h3-7,12H,2,8,18H2,1H3,(H,19,22,26). The second-order valence-corrected chi connectivity index (χ2v) is 5.79. The molecule has 1 aromatic carbocycles. The predicted molar refractivity (Wildman–Crippen MR) is 93.1 cm³/mol. The van der Waals surface area contributed by atoms with Crippen LogP contribution < -0.4 is 17.0 Å². The third-order valence-corrected chi connectivity index (χ3v) is 4.10. The Bertz CT molecular complexity index is 1020. The van der Waals surface area contributed by atoms with Gasteiger partial charge in [-0.2, -0.15) is 0 Å². The van der Waals surface area contributed by atoms with Gasteiger partial charge in [0.05, 0.1) is 24.3 Å². The Hall–Kier alpha value is -3.69. The Kier molecular flexibility index (Phi) is 4.63. The van der Waals surface area contributed by atoms with E-state index in [1.807, 2.05) is 4.98 Å². The molecule has 1 unspecified atom stereocenters. The van der Waals surface area contributed by atoms with Crippen molar-refractivity contribution in [2.75, 3.05) is 12.3 Å². The molecule has 0 aliphatic carbocycles. The van der Waals surface area contributed by atoms with Gasteiger partial charge in [-0.1, -0.05) is 12.1 Å². The smallest absolute Gasteiger partial charge is 0.331 e. The Balaban J connectivity index is 2.03. The Morgan fingerprint density at radius 3 is 2.30 bits per heavy atom. The van der Waals surface area contributed by atoms with Crippen molar-refractivity contribution in [1.29, 1.82) is 0 Å². The van der Waals surface area contributed by atoms with E-state index in [0.717, 1.165) is 15.7 Å². The van der Waals surface area contributed by atoms with E-state index in [1.165, 1.54) is 12.1 Å². The van der Waals surface area contributed by atoms with Gasteiger partial charge >= 0.3 is 11.7 Å². The highest BCUT2D eigenvalue weighted by Crippen LogP contribution is 2.25. The normalized spacial score (nSPS) is 14.2. The summed E-state index contributed by atoms with van der Waals surface area (Å²) >= 11 is 0. The average Bonchev–Trinajstić information content (AvgIpc) is 2.89. The number of anilines is 1. The van der Waals surface area contributed by atoms with Crippen molar-refractivity contribution in [2.45, 2.75) is 19.5 Å². The van der Waals surface area contributed by atoms with Gasteiger partial charge in [0, 0.05) is 6.20 Å². The maximum atomic E-state index is 12.7. The fourth-order valence-corrected chi connectivity index (χ4v) is 2.84. The number of nitrogens with one attached hydrogen (secondary N) is 1. The monoisotopic (exact) mass is 372 g/mol. The SMILES string of the molecule is CCOC(=O)C(Cn1cc(N)c(=O)[nH]c1=O)N1C(=O)c2ccccc2C1=O. The zero-order chi connectivity index (χ0) is 19.7.